The normalized spacial score (nSPS) is 15.4. The number of benzene rings is 1. The van der Waals surface area contributed by atoms with E-state index < -0.39 is 0 Å². The predicted octanol–water partition coefficient (Wildman–Crippen LogP) is 2.92. The van der Waals surface area contributed by atoms with Crippen LogP contribution in [0.25, 0.3) is 11.4 Å². The fraction of sp³-hybridized carbons (Fsp3) is 0.429. The Hall–Kier alpha value is -1.82. The van der Waals surface area contributed by atoms with Gasteiger partial charge in [0.25, 0.3) is 0 Å². The summed E-state index contributed by atoms with van der Waals surface area (Å²) in [7, 11) is 3.28. The van der Waals surface area contributed by atoms with E-state index in [2.05, 4.69) is 28.6 Å². The van der Waals surface area contributed by atoms with Gasteiger partial charge in [0.2, 0.25) is 0 Å². The number of fused-ring (bicyclic) bond motifs is 3. The fourth-order valence-corrected chi connectivity index (χ4v) is 3.24. The molecule has 0 atom stereocenters. The number of ether oxygens (including phenoxy) is 2. The van der Waals surface area contributed by atoms with Gasteiger partial charge in [-0.2, -0.15) is 5.10 Å². The molecule has 6 heteroatoms. The van der Waals surface area contributed by atoms with Crippen molar-refractivity contribution in [3.8, 4) is 22.9 Å². The maximum Gasteiger partial charge on any atom is 0.195 e. The first kappa shape index (κ1) is 13.2. The van der Waals surface area contributed by atoms with Gasteiger partial charge in [-0.05, 0) is 50.2 Å². The number of aromatic nitrogens is 3. The number of nitrogens with one attached hydrogen (secondary N) is 1. The third kappa shape index (κ3) is 1.75. The van der Waals surface area contributed by atoms with Gasteiger partial charge in [-0.15, -0.1) is 0 Å². The van der Waals surface area contributed by atoms with Crippen LogP contribution in [0.3, 0.4) is 0 Å². The van der Waals surface area contributed by atoms with Gasteiger partial charge in [-0.1, -0.05) is 0 Å². The average Bonchev–Trinajstić information content (AvgIpc) is 2.80. The highest BCUT2D eigenvalue weighted by Gasteiger charge is 2.33. The zero-order valence-electron chi connectivity index (χ0n) is 12.0. The minimum Gasteiger partial charge on any atom is -0.493 e. The first-order valence-corrected chi connectivity index (χ1v) is 6.82. The molecule has 3 rings (SSSR count). The first-order chi connectivity index (χ1) is 9.47. The molecule has 0 bridgehead atoms. The van der Waals surface area contributed by atoms with E-state index in [4.69, 9.17) is 21.7 Å². The van der Waals surface area contributed by atoms with Gasteiger partial charge < -0.3 is 9.47 Å². The molecule has 2 heterocycles. The quantitative estimate of drug-likeness (QED) is 0.864. The monoisotopic (exact) mass is 291 g/mol. The van der Waals surface area contributed by atoms with Crippen LogP contribution in [0.5, 0.6) is 11.5 Å². The molecule has 1 aromatic carbocycles. The molecule has 2 aromatic rings. The standard InChI is InChI=1S/C14H17N3O2S/c1-14(2)7-8-5-10(18-3)11(19-4)6-9(8)12-15-16-13(20)17(12)14/h5-6H,7H2,1-4H3,(H,16,20). The topological polar surface area (TPSA) is 52.1 Å². The number of nitrogens with zero attached hydrogens (tertiary/aromatic N) is 2. The molecule has 0 saturated carbocycles. The molecule has 0 radical (unpaired) electrons. The van der Waals surface area contributed by atoms with Crippen LogP contribution < -0.4 is 9.47 Å². The second kappa shape index (κ2) is 4.34. The lowest BCUT2D eigenvalue weighted by Crippen LogP contribution is -2.33. The van der Waals surface area contributed by atoms with Crippen molar-refractivity contribution < 1.29 is 9.47 Å². The molecule has 1 aliphatic rings. The van der Waals surface area contributed by atoms with Crippen molar-refractivity contribution in [2.24, 2.45) is 0 Å². The number of methoxy groups -OCH3 is 2. The molecular formula is C14H17N3O2S. The van der Waals surface area contributed by atoms with Crippen molar-refractivity contribution in [1.29, 1.82) is 0 Å². The van der Waals surface area contributed by atoms with Gasteiger partial charge in [0.1, 0.15) is 0 Å². The van der Waals surface area contributed by atoms with Crippen LogP contribution >= 0.6 is 12.2 Å². The Morgan fingerprint density at radius 1 is 1.25 bits per heavy atom. The summed E-state index contributed by atoms with van der Waals surface area (Å²) >= 11 is 5.35. The first-order valence-electron chi connectivity index (χ1n) is 6.41. The number of H-pyrrole nitrogens is 1. The molecule has 0 aliphatic carbocycles. The molecule has 106 valence electrons. The summed E-state index contributed by atoms with van der Waals surface area (Å²) in [6, 6.07) is 3.99. The van der Waals surface area contributed by atoms with E-state index in [1.165, 1.54) is 5.56 Å². The number of aromatic amines is 1. The van der Waals surface area contributed by atoms with Gasteiger partial charge in [0.15, 0.2) is 22.1 Å². The zero-order valence-corrected chi connectivity index (χ0v) is 12.8. The lowest BCUT2D eigenvalue weighted by Gasteiger charge is -2.33. The molecule has 0 spiro atoms. The minimum absolute atomic E-state index is 0.119. The van der Waals surface area contributed by atoms with Gasteiger partial charge in [-0.3, -0.25) is 9.67 Å². The molecule has 0 saturated heterocycles. The van der Waals surface area contributed by atoms with Gasteiger partial charge in [0.05, 0.1) is 14.2 Å². The highest BCUT2D eigenvalue weighted by Crippen LogP contribution is 2.42. The van der Waals surface area contributed by atoms with Crippen molar-refractivity contribution in [1.82, 2.24) is 14.8 Å². The Morgan fingerprint density at radius 3 is 2.55 bits per heavy atom. The summed E-state index contributed by atoms with van der Waals surface area (Å²) in [4.78, 5) is 0. The van der Waals surface area contributed by atoms with E-state index >= 15 is 0 Å². The highest BCUT2D eigenvalue weighted by molar-refractivity contribution is 7.71. The lowest BCUT2D eigenvalue weighted by atomic mass is 9.87. The highest BCUT2D eigenvalue weighted by atomic mass is 32.1. The largest absolute Gasteiger partial charge is 0.493 e. The molecule has 0 amide bonds. The summed E-state index contributed by atoms with van der Waals surface area (Å²) in [5.74, 6) is 2.29. The van der Waals surface area contributed by atoms with Crippen molar-refractivity contribution in [2.75, 3.05) is 14.2 Å². The summed E-state index contributed by atoms with van der Waals surface area (Å²) in [5, 5.41) is 7.26. The van der Waals surface area contributed by atoms with Crippen LogP contribution in [0, 0.1) is 4.77 Å². The van der Waals surface area contributed by atoms with Crippen LogP contribution in [0.1, 0.15) is 19.4 Å². The van der Waals surface area contributed by atoms with Gasteiger partial charge in [0, 0.05) is 11.1 Å². The Labute approximate surface area is 122 Å². The summed E-state index contributed by atoms with van der Waals surface area (Å²) in [6.07, 6.45) is 0.865. The van der Waals surface area contributed by atoms with E-state index in [1.54, 1.807) is 14.2 Å². The lowest BCUT2D eigenvalue weighted by molar-refractivity contribution is 0.336. The van der Waals surface area contributed by atoms with E-state index in [0.717, 1.165) is 23.6 Å². The number of hydrogen-bond donors (Lipinski definition) is 1. The molecule has 1 aliphatic heterocycles. The molecule has 1 N–H and O–H groups in total. The van der Waals surface area contributed by atoms with Crippen molar-refractivity contribution >= 4 is 12.2 Å². The van der Waals surface area contributed by atoms with Crippen LogP contribution in [0.15, 0.2) is 12.1 Å². The van der Waals surface area contributed by atoms with Gasteiger partial charge >= 0.3 is 0 Å². The van der Waals surface area contributed by atoms with Crippen molar-refractivity contribution in [3.63, 3.8) is 0 Å². The third-order valence-electron chi connectivity index (χ3n) is 3.75. The Morgan fingerprint density at radius 2 is 1.90 bits per heavy atom. The molecule has 5 nitrogen and oxygen atoms in total. The maximum atomic E-state index is 5.38. The fourth-order valence-electron chi connectivity index (χ4n) is 2.86. The molecule has 1 aromatic heterocycles. The van der Waals surface area contributed by atoms with E-state index in [0.29, 0.717) is 10.5 Å². The van der Waals surface area contributed by atoms with Crippen molar-refractivity contribution in [3.05, 3.63) is 22.5 Å². The Balaban J connectivity index is 2.31. The molecule has 20 heavy (non-hydrogen) atoms. The van der Waals surface area contributed by atoms with E-state index in [-0.39, 0.29) is 5.54 Å². The van der Waals surface area contributed by atoms with E-state index in [1.807, 2.05) is 12.1 Å². The second-order valence-electron chi connectivity index (χ2n) is 5.54. The van der Waals surface area contributed by atoms with Crippen molar-refractivity contribution in [2.45, 2.75) is 25.8 Å². The smallest absolute Gasteiger partial charge is 0.195 e. The van der Waals surface area contributed by atoms with Crippen LogP contribution in [-0.4, -0.2) is 29.0 Å². The zero-order chi connectivity index (χ0) is 14.5. The number of hydrogen-bond acceptors (Lipinski definition) is 4. The van der Waals surface area contributed by atoms with Crippen LogP contribution in [0.2, 0.25) is 0 Å². The molecule has 0 unspecified atom stereocenters. The maximum absolute atomic E-state index is 5.38. The Bertz CT molecular complexity index is 731. The second-order valence-corrected chi connectivity index (χ2v) is 5.93. The minimum atomic E-state index is -0.119. The van der Waals surface area contributed by atoms with Crippen LogP contribution in [0.4, 0.5) is 0 Å². The SMILES string of the molecule is COc1cc2c(cc1OC)-c1n[nH]c(=S)n1C(C)(C)C2. The van der Waals surface area contributed by atoms with Crippen LogP contribution in [-0.2, 0) is 12.0 Å². The average molecular weight is 291 g/mol. The molecule has 0 fully saturated rings. The van der Waals surface area contributed by atoms with E-state index in [9.17, 15) is 0 Å². The van der Waals surface area contributed by atoms with Gasteiger partial charge in [-0.25, -0.2) is 0 Å². The third-order valence-corrected chi connectivity index (χ3v) is 4.02. The summed E-state index contributed by atoms with van der Waals surface area (Å²) in [6.45, 7) is 4.31. The summed E-state index contributed by atoms with van der Waals surface area (Å²) in [5.41, 5.74) is 2.11. The summed E-state index contributed by atoms with van der Waals surface area (Å²) < 4.78 is 13.5. The number of rotatable bonds is 2. The molecular weight excluding hydrogens is 274 g/mol. The predicted molar refractivity (Wildman–Crippen MR) is 79.0 cm³/mol. The Kier molecular flexibility index (Phi) is 2.86.